The van der Waals surface area contributed by atoms with Crippen LogP contribution in [-0.2, 0) is 19.5 Å². The van der Waals surface area contributed by atoms with Gasteiger partial charge >= 0.3 is 5.69 Å². The van der Waals surface area contributed by atoms with Crippen LogP contribution in [-0.4, -0.2) is 43.2 Å². The number of fused-ring (bicyclic) bond motifs is 1. The molecular formula is C19H21N5O2S. The predicted molar refractivity (Wildman–Crippen MR) is 103 cm³/mol. The van der Waals surface area contributed by atoms with E-state index in [1.165, 1.54) is 16.0 Å². The lowest BCUT2D eigenvalue weighted by atomic mass is 10.2. The van der Waals surface area contributed by atoms with Crippen LogP contribution in [0.4, 0.5) is 0 Å². The largest absolute Gasteiger partial charge is 0.346 e. The van der Waals surface area contributed by atoms with Gasteiger partial charge in [0.25, 0.3) is 5.91 Å². The minimum atomic E-state index is -0.118. The molecule has 0 unspecified atom stereocenters. The van der Waals surface area contributed by atoms with E-state index in [0.29, 0.717) is 37.5 Å². The number of thiazole rings is 1. The number of carbonyl (C=O) groups is 1. The Hall–Kier alpha value is -2.74. The zero-order valence-corrected chi connectivity index (χ0v) is 16.2. The van der Waals surface area contributed by atoms with Gasteiger partial charge in [0.05, 0.1) is 17.2 Å². The van der Waals surface area contributed by atoms with Crippen molar-refractivity contribution >= 4 is 17.2 Å². The lowest BCUT2D eigenvalue weighted by Gasteiger charge is -2.19. The molecule has 0 spiro atoms. The van der Waals surface area contributed by atoms with Gasteiger partial charge < -0.3 is 4.90 Å². The Morgan fingerprint density at radius 3 is 2.63 bits per heavy atom. The highest BCUT2D eigenvalue weighted by Gasteiger charge is 2.25. The maximum absolute atomic E-state index is 12.8. The van der Waals surface area contributed by atoms with Gasteiger partial charge in [-0.1, -0.05) is 30.3 Å². The van der Waals surface area contributed by atoms with E-state index in [1.54, 1.807) is 9.47 Å². The molecule has 140 valence electrons. The second kappa shape index (κ2) is 7.11. The van der Waals surface area contributed by atoms with Gasteiger partial charge in [-0.25, -0.2) is 14.5 Å². The normalized spacial score (nSPS) is 14.1. The lowest BCUT2D eigenvalue weighted by molar-refractivity contribution is 0.0762. The maximum atomic E-state index is 12.8. The van der Waals surface area contributed by atoms with Crippen molar-refractivity contribution in [2.75, 3.05) is 13.1 Å². The van der Waals surface area contributed by atoms with E-state index in [1.807, 2.05) is 44.2 Å². The maximum Gasteiger partial charge on any atom is 0.346 e. The average Bonchev–Trinajstić information content (AvgIpc) is 3.05. The number of hydrogen-bond donors (Lipinski definition) is 0. The molecule has 0 saturated heterocycles. The van der Waals surface area contributed by atoms with E-state index in [0.717, 1.165) is 22.1 Å². The first-order valence-electron chi connectivity index (χ1n) is 8.96. The second-order valence-electron chi connectivity index (χ2n) is 6.68. The van der Waals surface area contributed by atoms with E-state index in [2.05, 4.69) is 10.1 Å². The molecule has 4 rings (SSSR count). The number of hydrogen-bond acceptors (Lipinski definition) is 5. The summed E-state index contributed by atoms with van der Waals surface area (Å²) in [5.74, 6) is 0.733. The molecule has 0 saturated carbocycles. The summed E-state index contributed by atoms with van der Waals surface area (Å²) in [4.78, 5) is 32.4. The molecule has 2 aromatic heterocycles. The Morgan fingerprint density at radius 1 is 1.15 bits per heavy atom. The SMILES string of the molecule is Cc1nc(C)c(C(=O)N2CCc3nn(Cc4ccccc4)c(=O)n3CC2)s1. The van der Waals surface area contributed by atoms with Gasteiger partial charge in [0.2, 0.25) is 0 Å². The smallest absolute Gasteiger partial charge is 0.336 e. The van der Waals surface area contributed by atoms with Crippen LogP contribution in [0.1, 0.15) is 31.8 Å². The van der Waals surface area contributed by atoms with Crippen LogP contribution in [0, 0.1) is 13.8 Å². The van der Waals surface area contributed by atoms with Crippen molar-refractivity contribution in [1.29, 1.82) is 0 Å². The van der Waals surface area contributed by atoms with E-state index < -0.39 is 0 Å². The summed E-state index contributed by atoms with van der Waals surface area (Å²) in [6.45, 7) is 5.74. The molecule has 0 bridgehead atoms. The van der Waals surface area contributed by atoms with Crippen molar-refractivity contribution in [1.82, 2.24) is 24.2 Å². The molecule has 1 aromatic carbocycles. The van der Waals surface area contributed by atoms with Crippen LogP contribution >= 0.6 is 11.3 Å². The summed E-state index contributed by atoms with van der Waals surface area (Å²) in [5, 5.41) is 5.40. The topological polar surface area (TPSA) is 73.0 Å². The third-order valence-corrected chi connectivity index (χ3v) is 5.82. The van der Waals surface area contributed by atoms with Gasteiger partial charge in [-0.05, 0) is 19.4 Å². The quantitative estimate of drug-likeness (QED) is 0.692. The molecule has 7 nitrogen and oxygen atoms in total. The molecule has 1 amide bonds. The molecule has 1 aliphatic rings. The third-order valence-electron chi connectivity index (χ3n) is 4.76. The van der Waals surface area contributed by atoms with Crippen molar-refractivity contribution in [2.45, 2.75) is 33.4 Å². The van der Waals surface area contributed by atoms with Gasteiger partial charge in [0.1, 0.15) is 10.7 Å². The second-order valence-corrected chi connectivity index (χ2v) is 7.89. The van der Waals surface area contributed by atoms with Crippen molar-refractivity contribution in [3.8, 4) is 0 Å². The number of aromatic nitrogens is 4. The molecule has 0 fully saturated rings. The highest BCUT2D eigenvalue weighted by Crippen LogP contribution is 2.20. The zero-order chi connectivity index (χ0) is 19.0. The van der Waals surface area contributed by atoms with E-state index in [4.69, 9.17) is 0 Å². The number of rotatable bonds is 3. The van der Waals surface area contributed by atoms with Gasteiger partial charge in [0.15, 0.2) is 0 Å². The predicted octanol–water partition coefficient (Wildman–Crippen LogP) is 1.86. The standard InChI is InChI=1S/C19H21N5O2S/c1-13-17(27-14(2)20-13)18(25)22-9-8-16-21-24(19(26)23(16)11-10-22)12-15-6-4-3-5-7-15/h3-7H,8-12H2,1-2H3. The molecule has 0 radical (unpaired) electrons. The number of benzene rings is 1. The highest BCUT2D eigenvalue weighted by atomic mass is 32.1. The summed E-state index contributed by atoms with van der Waals surface area (Å²) in [6, 6.07) is 9.82. The van der Waals surface area contributed by atoms with Crippen LogP contribution in [0.15, 0.2) is 35.1 Å². The first kappa shape index (κ1) is 17.7. The summed E-state index contributed by atoms with van der Waals surface area (Å²) in [6.07, 6.45) is 0.569. The van der Waals surface area contributed by atoms with Crippen molar-refractivity contribution < 1.29 is 4.79 Å². The van der Waals surface area contributed by atoms with Gasteiger partial charge in [-0.3, -0.25) is 9.36 Å². The fourth-order valence-electron chi connectivity index (χ4n) is 3.40. The van der Waals surface area contributed by atoms with Crippen molar-refractivity contribution in [3.05, 3.63) is 67.8 Å². The van der Waals surface area contributed by atoms with Gasteiger partial charge in [0, 0.05) is 26.1 Å². The van der Waals surface area contributed by atoms with Crippen LogP contribution in [0.2, 0.25) is 0 Å². The first-order chi connectivity index (χ1) is 13.0. The highest BCUT2D eigenvalue weighted by molar-refractivity contribution is 7.13. The van der Waals surface area contributed by atoms with E-state index in [-0.39, 0.29) is 11.6 Å². The minimum Gasteiger partial charge on any atom is -0.336 e. The molecular weight excluding hydrogens is 362 g/mol. The Kier molecular flexibility index (Phi) is 4.65. The third kappa shape index (κ3) is 3.44. The first-order valence-corrected chi connectivity index (χ1v) is 9.78. The minimum absolute atomic E-state index is 0.00605. The average molecular weight is 383 g/mol. The van der Waals surface area contributed by atoms with Crippen molar-refractivity contribution in [2.24, 2.45) is 0 Å². The Morgan fingerprint density at radius 2 is 1.93 bits per heavy atom. The molecule has 1 aliphatic heterocycles. The summed E-state index contributed by atoms with van der Waals surface area (Å²) in [7, 11) is 0. The fourth-order valence-corrected chi connectivity index (χ4v) is 4.29. The molecule has 0 N–H and O–H groups in total. The summed E-state index contributed by atoms with van der Waals surface area (Å²) < 4.78 is 3.21. The van der Waals surface area contributed by atoms with Crippen LogP contribution in [0.25, 0.3) is 0 Å². The Balaban J connectivity index is 1.52. The molecule has 0 aliphatic carbocycles. The molecule has 3 heterocycles. The van der Waals surface area contributed by atoms with Crippen LogP contribution in [0.3, 0.4) is 0 Å². The van der Waals surface area contributed by atoms with E-state index in [9.17, 15) is 9.59 Å². The fraction of sp³-hybridized carbons (Fsp3) is 0.368. The Labute approximate surface area is 160 Å². The summed E-state index contributed by atoms with van der Waals surface area (Å²) in [5.41, 5.74) is 1.70. The van der Waals surface area contributed by atoms with Gasteiger partial charge in [-0.2, -0.15) is 5.10 Å². The van der Waals surface area contributed by atoms with Crippen LogP contribution < -0.4 is 5.69 Å². The molecule has 0 atom stereocenters. The summed E-state index contributed by atoms with van der Waals surface area (Å²) >= 11 is 1.43. The number of amides is 1. The van der Waals surface area contributed by atoms with Gasteiger partial charge in [-0.15, -0.1) is 11.3 Å². The van der Waals surface area contributed by atoms with Crippen molar-refractivity contribution in [3.63, 3.8) is 0 Å². The zero-order valence-electron chi connectivity index (χ0n) is 15.4. The molecule has 27 heavy (non-hydrogen) atoms. The number of nitrogens with zero attached hydrogens (tertiary/aromatic N) is 5. The lowest BCUT2D eigenvalue weighted by Crippen LogP contribution is -2.35. The number of aryl methyl sites for hydroxylation is 2. The monoisotopic (exact) mass is 383 g/mol. The number of carbonyl (C=O) groups excluding carboxylic acids is 1. The van der Waals surface area contributed by atoms with Crippen LogP contribution in [0.5, 0.6) is 0 Å². The molecule has 8 heteroatoms. The van der Waals surface area contributed by atoms with E-state index >= 15 is 0 Å². The Bertz CT molecular complexity index is 1030. The molecule has 3 aromatic rings.